The van der Waals surface area contributed by atoms with Crippen molar-refractivity contribution in [2.24, 2.45) is 5.92 Å². The van der Waals surface area contributed by atoms with Gasteiger partial charge in [0, 0.05) is 0 Å². The fourth-order valence-corrected chi connectivity index (χ4v) is 0.742. The van der Waals surface area contributed by atoms with Crippen molar-refractivity contribution in [3.8, 4) is 0 Å². The summed E-state index contributed by atoms with van der Waals surface area (Å²) in [5.74, 6) is -0.943. The molecule has 0 bridgehead atoms. The Kier molecular flexibility index (Phi) is 3.61. The van der Waals surface area contributed by atoms with Crippen LogP contribution in [0.25, 0.3) is 0 Å². The molecule has 0 radical (unpaired) electrons. The predicted octanol–water partition coefficient (Wildman–Crippen LogP) is 1.39. The fraction of sp³-hybridized carbons (Fsp3) is 0.833. The molecule has 10 heavy (non-hydrogen) atoms. The van der Waals surface area contributed by atoms with E-state index in [1.807, 2.05) is 6.92 Å². The Bertz CT molecular complexity index is 129. The normalized spacial score (nSPS) is 12.6. The van der Waals surface area contributed by atoms with Crippen LogP contribution >= 0.6 is 0 Å². The standard InChI is InChI=1S/C6H12NO3/c1-3-4-5(2)6(8)7(9)10/h5H,3-4H2,1-2H3,(H-,8,9,10)/q-1. The van der Waals surface area contributed by atoms with Gasteiger partial charge in [0.15, 0.2) is 0 Å². The van der Waals surface area contributed by atoms with Crippen molar-refractivity contribution < 1.29 is 10.0 Å². The van der Waals surface area contributed by atoms with Crippen LogP contribution in [0, 0.1) is 16.3 Å². The van der Waals surface area contributed by atoms with Crippen molar-refractivity contribution in [1.29, 1.82) is 0 Å². The van der Waals surface area contributed by atoms with Crippen molar-refractivity contribution in [2.45, 2.75) is 26.7 Å². The van der Waals surface area contributed by atoms with E-state index in [1.165, 1.54) is 0 Å². The van der Waals surface area contributed by atoms with Gasteiger partial charge in [-0.05, 0) is 13.3 Å². The van der Waals surface area contributed by atoms with E-state index in [1.54, 1.807) is 6.92 Å². The molecule has 0 aliphatic carbocycles. The summed E-state index contributed by atoms with van der Waals surface area (Å²) < 4.78 is 0. The Morgan fingerprint density at radius 1 is 1.60 bits per heavy atom. The lowest BCUT2D eigenvalue weighted by Gasteiger charge is -2.10. The van der Waals surface area contributed by atoms with Gasteiger partial charge in [0.25, 0.3) is 0 Å². The number of aliphatic hydroxyl groups is 1. The van der Waals surface area contributed by atoms with Crippen LogP contribution in [0.5, 0.6) is 0 Å². The van der Waals surface area contributed by atoms with Gasteiger partial charge in [-0.15, -0.1) is 4.90 Å². The first-order chi connectivity index (χ1) is 4.59. The molecule has 0 fully saturated rings. The van der Waals surface area contributed by atoms with Gasteiger partial charge in [0.2, 0.25) is 0 Å². The summed E-state index contributed by atoms with van der Waals surface area (Å²) in [5, 5.41) is 28.6. The van der Waals surface area contributed by atoms with E-state index in [0.717, 1.165) is 6.42 Å². The van der Waals surface area contributed by atoms with Crippen molar-refractivity contribution in [2.75, 3.05) is 0 Å². The molecule has 0 rings (SSSR count). The molecule has 0 saturated heterocycles. The molecule has 0 heterocycles. The molecular formula is C6H12NO3-. The molecule has 1 atom stereocenters. The predicted molar refractivity (Wildman–Crippen MR) is 38.7 cm³/mol. The van der Waals surface area contributed by atoms with Crippen LogP contribution in [0.15, 0.2) is 0 Å². The number of hydrogen-bond acceptors (Lipinski definition) is 2. The smallest absolute Gasteiger partial charge is 0.360 e. The Morgan fingerprint density at radius 3 is 2.40 bits per heavy atom. The highest BCUT2D eigenvalue weighted by Crippen LogP contribution is 2.04. The number of nitrogens with zero attached hydrogens (tertiary/aromatic N) is 1. The largest absolute Gasteiger partial charge is 0.610 e. The van der Waals surface area contributed by atoms with Gasteiger partial charge in [-0.2, -0.15) is 0 Å². The maximum atomic E-state index is 9.93. The summed E-state index contributed by atoms with van der Waals surface area (Å²) in [5.41, 5.74) is 0. The van der Waals surface area contributed by atoms with E-state index in [-0.39, 0.29) is 5.92 Å². The van der Waals surface area contributed by atoms with Crippen LogP contribution in [0.4, 0.5) is 0 Å². The summed E-state index contributed by atoms with van der Waals surface area (Å²) in [6.07, 6.45) is 1.51. The molecule has 0 aliphatic heterocycles. The van der Waals surface area contributed by atoms with E-state index in [4.69, 9.17) is 5.11 Å². The zero-order valence-electron chi connectivity index (χ0n) is 6.20. The van der Waals surface area contributed by atoms with Crippen LogP contribution in [0.1, 0.15) is 26.7 Å². The molecule has 0 aliphatic rings. The fourth-order valence-electron chi connectivity index (χ4n) is 0.742. The third-order valence-electron chi connectivity index (χ3n) is 1.35. The van der Waals surface area contributed by atoms with Crippen molar-refractivity contribution >= 4 is 5.90 Å². The minimum atomic E-state index is -0.736. The van der Waals surface area contributed by atoms with Crippen LogP contribution < -0.4 is 0 Å². The summed E-state index contributed by atoms with van der Waals surface area (Å²) in [6.45, 7) is 3.56. The third kappa shape index (κ3) is 2.57. The average molecular weight is 146 g/mol. The number of rotatable bonds is 3. The second-order valence-electron chi connectivity index (χ2n) is 2.31. The van der Waals surface area contributed by atoms with Crippen LogP contribution in [0.3, 0.4) is 0 Å². The molecule has 0 aromatic carbocycles. The zero-order chi connectivity index (χ0) is 8.15. The van der Waals surface area contributed by atoms with Gasteiger partial charge >= 0.3 is 5.90 Å². The Morgan fingerprint density at radius 2 is 2.10 bits per heavy atom. The highest BCUT2D eigenvalue weighted by Gasteiger charge is 2.13. The maximum Gasteiger partial charge on any atom is 0.360 e. The van der Waals surface area contributed by atoms with E-state index in [2.05, 4.69) is 0 Å². The first-order valence-electron chi connectivity index (χ1n) is 3.29. The second kappa shape index (κ2) is 3.98. The number of hydrogen-bond donors (Lipinski definition) is 1. The van der Waals surface area contributed by atoms with Crippen molar-refractivity contribution in [3.63, 3.8) is 0 Å². The molecule has 0 aromatic rings. The first kappa shape index (κ1) is 9.07. The lowest BCUT2D eigenvalue weighted by atomic mass is 10.1. The monoisotopic (exact) mass is 146 g/mol. The van der Waals surface area contributed by atoms with Crippen molar-refractivity contribution in [3.05, 3.63) is 10.4 Å². The second-order valence-corrected chi connectivity index (χ2v) is 2.31. The van der Waals surface area contributed by atoms with Gasteiger partial charge in [-0.3, -0.25) is 0 Å². The van der Waals surface area contributed by atoms with Crippen molar-refractivity contribution in [1.82, 2.24) is 0 Å². The molecule has 0 amide bonds. The van der Waals surface area contributed by atoms with Crippen LogP contribution in [-0.4, -0.2) is 15.9 Å². The molecule has 0 spiro atoms. The molecule has 60 valence electrons. The highest BCUT2D eigenvalue weighted by molar-refractivity contribution is 5.71. The maximum absolute atomic E-state index is 9.93. The van der Waals surface area contributed by atoms with Gasteiger partial charge < -0.3 is 15.5 Å². The van der Waals surface area contributed by atoms with Gasteiger partial charge in [0.05, 0.1) is 5.92 Å². The molecule has 0 aromatic heterocycles. The highest BCUT2D eigenvalue weighted by atomic mass is 16.8. The summed E-state index contributed by atoms with van der Waals surface area (Å²) in [7, 11) is 0. The van der Waals surface area contributed by atoms with Gasteiger partial charge in [0.1, 0.15) is 0 Å². The quantitative estimate of drug-likeness (QED) is 0.283. The van der Waals surface area contributed by atoms with E-state index in [9.17, 15) is 10.4 Å². The van der Waals surface area contributed by atoms with Gasteiger partial charge in [-0.25, -0.2) is 0 Å². The lowest BCUT2D eigenvalue weighted by molar-refractivity contribution is -0.393. The summed E-state index contributed by atoms with van der Waals surface area (Å²) in [6, 6.07) is 0. The Labute approximate surface area is 60.0 Å². The topological polar surface area (TPSA) is 69.4 Å². The third-order valence-corrected chi connectivity index (χ3v) is 1.35. The molecule has 4 heteroatoms. The Balaban J connectivity index is 3.94. The van der Waals surface area contributed by atoms with E-state index in [0.29, 0.717) is 6.42 Å². The minimum absolute atomic E-state index is 0.319. The van der Waals surface area contributed by atoms with Crippen LogP contribution in [0.2, 0.25) is 0 Å². The average Bonchev–Trinajstić information content (AvgIpc) is 1.87. The molecule has 1 unspecified atom stereocenters. The summed E-state index contributed by atoms with van der Waals surface area (Å²) >= 11 is 0. The molecular weight excluding hydrogens is 134 g/mol. The lowest BCUT2D eigenvalue weighted by Crippen LogP contribution is -2.18. The number of aliphatic hydroxyl groups excluding tert-OH is 1. The molecule has 0 saturated carbocycles. The SMILES string of the molecule is CCCC(C)C(O)=[N+]([O-])[O-]. The summed E-state index contributed by atoms with van der Waals surface area (Å²) in [4.78, 5) is -0.736. The van der Waals surface area contributed by atoms with E-state index < -0.39 is 10.8 Å². The minimum Gasteiger partial charge on any atom is -0.610 e. The molecule has 4 nitrogen and oxygen atoms in total. The van der Waals surface area contributed by atoms with Crippen LogP contribution in [-0.2, 0) is 0 Å². The molecule has 1 N–H and O–H groups in total. The zero-order valence-corrected chi connectivity index (χ0v) is 6.20. The Hall–Kier alpha value is -0.930. The van der Waals surface area contributed by atoms with E-state index >= 15 is 0 Å². The van der Waals surface area contributed by atoms with Gasteiger partial charge in [-0.1, -0.05) is 13.3 Å². The first-order valence-corrected chi connectivity index (χ1v) is 3.29.